The number of nitrogens with zero attached hydrogens (tertiary/aromatic N) is 5. The van der Waals surface area contributed by atoms with E-state index in [1.807, 2.05) is 0 Å². The summed E-state index contributed by atoms with van der Waals surface area (Å²) < 4.78 is 18.2. The quantitative estimate of drug-likeness (QED) is 0.464. The fourth-order valence-corrected chi connectivity index (χ4v) is 3.12. The van der Waals surface area contributed by atoms with Gasteiger partial charge in [0.25, 0.3) is 5.56 Å². The van der Waals surface area contributed by atoms with Crippen LogP contribution in [0.3, 0.4) is 0 Å². The zero-order valence-electron chi connectivity index (χ0n) is 17.6. The van der Waals surface area contributed by atoms with Crippen LogP contribution in [-0.4, -0.2) is 51.8 Å². The number of amides is 1. The Hall–Kier alpha value is -4.41. The predicted molar refractivity (Wildman–Crippen MR) is 116 cm³/mol. The number of carbonyl (C=O) groups is 1. The second-order valence-corrected chi connectivity index (χ2v) is 6.67. The molecule has 1 N–H and O–H groups in total. The molecule has 4 rings (SSSR count). The Morgan fingerprint density at radius 1 is 1.03 bits per heavy atom. The Balaban J connectivity index is 1.59. The summed E-state index contributed by atoms with van der Waals surface area (Å²) in [6.45, 7) is -0.261. The van der Waals surface area contributed by atoms with Crippen molar-refractivity contribution in [3.63, 3.8) is 0 Å². The topological polar surface area (TPSA) is 122 Å². The van der Waals surface area contributed by atoms with Crippen LogP contribution in [-0.2, 0) is 11.3 Å². The number of nitrogens with one attached hydrogen (secondary N) is 1. The largest absolute Gasteiger partial charge is 0.497 e. The van der Waals surface area contributed by atoms with Gasteiger partial charge in [-0.05, 0) is 24.3 Å². The molecule has 32 heavy (non-hydrogen) atoms. The molecule has 4 aromatic rings. The van der Waals surface area contributed by atoms with Gasteiger partial charge in [0.15, 0.2) is 11.2 Å². The number of hydrogen-bond acceptors (Lipinski definition) is 8. The Labute approximate surface area is 182 Å². The molecule has 2 heterocycles. The first-order valence-electron chi connectivity index (χ1n) is 9.51. The average Bonchev–Trinajstić information content (AvgIpc) is 3.26. The van der Waals surface area contributed by atoms with E-state index in [0.29, 0.717) is 28.6 Å². The number of anilines is 1. The SMILES string of the molecule is COc1cccc(-n2nnc3c(=O)n(CC(=O)Nc4ccc(OC)cc4OC)cnc32)c1. The van der Waals surface area contributed by atoms with E-state index in [-0.39, 0.29) is 17.7 Å². The molecule has 0 radical (unpaired) electrons. The molecule has 0 atom stereocenters. The van der Waals surface area contributed by atoms with Gasteiger partial charge < -0.3 is 19.5 Å². The summed E-state index contributed by atoms with van der Waals surface area (Å²) in [4.78, 5) is 29.7. The van der Waals surface area contributed by atoms with Crippen molar-refractivity contribution in [3.05, 3.63) is 59.1 Å². The lowest BCUT2D eigenvalue weighted by molar-refractivity contribution is -0.116. The van der Waals surface area contributed by atoms with Crippen molar-refractivity contribution in [3.8, 4) is 22.9 Å². The highest BCUT2D eigenvalue weighted by molar-refractivity contribution is 5.92. The van der Waals surface area contributed by atoms with Crippen LogP contribution in [0, 0.1) is 0 Å². The first kappa shape index (κ1) is 20.8. The van der Waals surface area contributed by atoms with Gasteiger partial charge in [-0.3, -0.25) is 14.2 Å². The summed E-state index contributed by atoms with van der Waals surface area (Å²) in [5.41, 5.74) is 0.924. The molecular weight excluding hydrogens is 416 g/mol. The number of aromatic nitrogens is 5. The van der Waals surface area contributed by atoms with Crippen LogP contribution in [0.25, 0.3) is 16.9 Å². The fourth-order valence-electron chi connectivity index (χ4n) is 3.12. The molecule has 0 fully saturated rings. The lowest BCUT2D eigenvalue weighted by atomic mass is 10.2. The summed E-state index contributed by atoms with van der Waals surface area (Å²) in [6.07, 6.45) is 1.29. The fraction of sp³-hybridized carbons (Fsp3) is 0.190. The maximum absolute atomic E-state index is 12.9. The van der Waals surface area contributed by atoms with Crippen LogP contribution >= 0.6 is 0 Å². The highest BCUT2D eigenvalue weighted by atomic mass is 16.5. The van der Waals surface area contributed by atoms with Crippen molar-refractivity contribution in [1.82, 2.24) is 24.5 Å². The van der Waals surface area contributed by atoms with E-state index in [1.54, 1.807) is 49.6 Å². The number of fused-ring (bicyclic) bond motifs is 1. The highest BCUT2D eigenvalue weighted by Crippen LogP contribution is 2.29. The summed E-state index contributed by atoms with van der Waals surface area (Å²) >= 11 is 0. The van der Waals surface area contributed by atoms with E-state index in [2.05, 4.69) is 20.6 Å². The number of benzene rings is 2. The minimum atomic E-state index is -0.485. The molecular formula is C21H20N6O5. The van der Waals surface area contributed by atoms with Gasteiger partial charge in [-0.2, -0.15) is 4.68 Å². The molecule has 2 aromatic heterocycles. The van der Waals surface area contributed by atoms with Gasteiger partial charge in [0.2, 0.25) is 5.91 Å². The molecule has 0 bridgehead atoms. The molecule has 0 aliphatic carbocycles. The van der Waals surface area contributed by atoms with Gasteiger partial charge in [-0.1, -0.05) is 11.3 Å². The third kappa shape index (κ3) is 3.95. The molecule has 2 aromatic carbocycles. The Morgan fingerprint density at radius 3 is 2.56 bits per heavy atom. The molecule has 1 amide bonds. The lowest BCUT2D eigenvalue weighted by Gasteiger charge is -2.12. The van der Waals surface area contributed by atoms with Crippen LogP contribution in [0.2, 0.25) is 0 Å². The van der Waals surface area contributed by atoms with Gasteiger partial charge in [0.1, 0.15) is 30.1 Å². The zero-order chi connectivity index (χ0) is 22.7. The van der Waals surface area contributed by atoms with Gasteiger partial charge >= 0.3 is 0 Å². The normalized spacial score (nSPS) is 10.7. The van der Waals surface area contributed by atoms with Crippen molar-refractivity contribution in [1.29, 1.82) is 0 Å². The van der Waals surface area contributed by atoms with Gasteiger partial charge in [0, 0.05) is 12.1 Å². The number of carbonyl (C=O) groups excluding carboxylic acids is 1. The number of ether oxygens (including phenoxy) is 3. The van der Waals surface area contributed by atoms with E-state index in [0.717, 1.165) is 4.57 Å². The molecule has 0 saturated carbocycles. The monoisotopic (exact) mass is 436 g/mol. The Morgan fingerprint density at radius 2 is 1.81 bits per heavy atom. The van der Waals surface area contributed by atoms with E-state index in [9.17, 15) is 9.59 Å². The third-order valence-corrected chi connectivity index (χ3v) is 4.72. The number of methoxy groups -OCH3 is 3. The van der Waals surface area contributed by atoms with E-state index in [1.165, 1.54) is 25.2 Å². The Kier molecular flexibility index (Phi) is 5.71. The summed E-state index contributed by atoms with van der Waals surface area (Å²) in [5, 5.41) is 10.7. The van der Waals surface area contributed by atoms with Crippen molar-refractivity contribution >= 4 is 22.8 Å². The van der Waals surface area contributed by atoms with Crippen LogP contribution < -0.4 is 25.1 Å². The van der Waals surface area contributed by atoms with Crippen LogP contribution in [0.5, 0.6) is 17.2 Å². The minimum Gasteiger partial charge on any atom is -0.497 e. The average molecular weight is 436 g/mol. The molecule has 0 saturated heterocycles. The van der Waals surface area contributed by atoms with E-state index in [4.69, 9.17) is 14.2 Å². The van der Waals surface area contributed by atoms with Gasteiger partial charge in [-0.15, -0.1) is 5.10 Å². The highest BCUT2D eigenvalue weighted by Gasteiger charge is 2.16. The third-order valence-electron chi connectivity index (χ3n) is 4.72. The predicted octanol–water partition coefficient (Wildman–Crippen LogP) is 1.64. The van der Waals surface area contributed by atoms with Gasteiger partial charge in [0.05, 0.1) is 32.7 Å². The molecule has 11 heteroatoms. The summed E-state index contributed by atoms with van der Waals surface area (Å²) in [7, 11) is 4.58. The maximum Gasteiger partial charge on any atom is 0.284 e. The van der Waals surface area contributed by atoms with Crippen LogP contribution in [0.1, 0.15) is 0 Å². The van der Waals surface area contributed by atoms with E-state index >= 15 is 0 Å². The molecule has 11 nitrogen and oxygen atoms in total. The lowest BCUT2D eigenvalue weighted by Crippen LogP contribution is -2.28. The molecule has 0 aliphatic rings. The first-order chi connectivity index (χ1) is 15.5. The van der Waals surface area contributed by atoms with Crippen molar-refractivity contribution in [2.75, 3.05) is 26.6 Å². The van der Waals surface area contributed by atoms with E-state index < -0.39 is 11.5 Å². The first-order valence-corrected chi connectivity index (χ1v) is 9.51. The molecule has 164 valence electrons. The van der Waals surface area contributed by atoms with Crippen LogP contribution in [0.4, 0.5) is 5.69 Å². The maximum atomic E-state index is 12.9. The van der Waals surface area contributed by atoms with Crippen molar-refractivity contribution in [2.24, 2.45) is 0 Å². The molecule has 0 unspecified atom stereocenters. The minimum absolute atomic E-state index is 0.0464. The Bertz CT molecular complexity index is 1350. The number of rotatable bonds is 7. The van der Waals surface area contributed by atoms with Crippen LogP contribution in [0.15, 0.2) is 53.6 Å². The summed E-state index contributed by atoms with van der Waals surface area (Å²) in [5.74, 6) is 1.21. The molecule has 0 aliphatic heterocycles. The smallest absolute Gasteiger partial charge is 0.284 e. The van der Waals surface area contributed by atoms with Crippen molar-refractivity contribution in [2.45, 2.75) is 6.54 Å². The molecule has 0 spiro atoms. The van der Waals surface area contributed by atoms with Crippen molar-refractivity contribution < 1.29 is 19.0 Å². The van der Waals surface area contributed by atoms with Gasteiger partial charge in [-0.25, -0.2) is 4.98 Å². The standard InChI is InChI=1S/C21H20N6O5/c1-30-14-6-4-5-13(9-14)27-20-19(24-25-27)21(29)26(12-22-20)11-18(28)23-16-8-7-15(31-2)10-17(16)32-3/h4-10,12H,11H2,1-3H3,(H,23,28). The zero-order valence-corrected chi connectivity index (χ0v) is 17.6. The second kappa shape index (κ2) is 8.76. The summed E-state index contributed by atoms with van der Waals surface area (Å²) in [6, 6.07) is 12.1. The number of hydrogen-bond donors (Lipinski definition) is 1. The second-order valence-electron chi connectivity index (χ2n) is 6.67.